The number of hydrogen-bond donors (Lipinski definition) is 1. The van der Waals surface area contributed by atoms with E-state index in [9.17, 15) is 4.79 Å². The number of pyridine rings is 2. The van der Waals surface area contributed by atoms with Gasteiger partial charge in [-0.25, -0.2) is 4.98 Å². The molecule has 174 valence electrons. The topological polar surface area (TPSA) is 87.0 Å². The van der Waals surface area contributed by atoms with E-state index in [1.807, 2.05) is 41.1 Å². The lowest BCUT2D eigenvalue weighted by Crippen LogP contribution is -2.12. The summed E-state index contributed by atoms with van der Waals surface area (Å²) < 4.78 is 19.0. The second kappa shape index (κ2) is 9.96. The molecule has 0 radical (unpaired) electrons. The molecule has 8 nitrogen and oxygen atoms in total. The Morgan fingerprint density at radius 3 is 2.63 bits per heavy atom. The Bertz CT molecular complexity index is 1420. The Balaban J connectivity index is 1.25. The maximum Gasteiger partial charge on any atom is 0.255 e. The minimum Gasteiger partial charge on any atom is -0.493 e. The molecule has 0 aliphatic heterocycles. The second-order valence-electron chi connectivity index (χ2n) is 7.62. The third-order valence-corrected chi connectivity index (χ3v) is 5.20. The summed E-state index contributed by atoms with van der Waals surface area (Å²) in [6, 6.07) is 21.5. The lowest BCUT2D eigenvalue weighted by molar-refractivity contribution is 0.102. The Labute approximate surface area is 201 Å². The summed E-state index contributed by atoms with van der Waals surface area (Å²) in [5, 5.41) is 2.89. The largest absolute Gasteiger partial charge is 0.493 e. The van der Waals surface area contributed by atoms with Gasteiger partial charge in [-0.1, -0.05) is 6.07 Å². The molecule has 0 aliphatic rings. The molecule has 5 rings (SSSR count). The van der Waals surface area contributed by atoms with Crippen LogP contribution in [0.4, 0.5) is 5.69 Å². The number of nitrogens with zero attached hydrogens (tertiary/aromatic N) is 3. The summed E-state index contributed by atoms with van der Waals surface area (Å²) in [5.41, 5.74) is 2.69. The van der Waals surface area contributed by atoms with Gasteiger partial charge < -0.3 is 23.9 Å². The summed E-state index contributed by atoms with van der Waals surface area (Å²) in [6.45, 7) is 0.258. The number of imidazole rings is 1. The first kappa shape index (κ1) is 22.0. The summed E-state index contributed by atoms with van der Waals surface area (Å²) >= 11 is 0. The number of anilines is 1. The first-order valence-corrected chi connectivity index (χ1v) is 10.9. The van der Waals surface area contributed by atoms with Crippen molar-refractivity contribution in [3.63, 3.8) is 0 Å². The highest BCUT2D eigenvalue weighted by Gasteiger charge is 2.12. The van der Waals surface area contributed by atoms with Crippen LogP contribution in [0, 0.1) is 0 Å². The van der Waals surface area contributed by atoms with E-state index >= 15 is 0 Å². The number of rotatable bonds is 8. The van der Waals surface area contributed by atoms with Crippen molar-refractivity contribution in [2.24, 2.45) is 0 Å². The molecule has 0 saturated carbocycles. The molecular weight excluding hydrogens is 444 g/mol. The molecule has 0 saturated heterocycles. The standard InChI is InChI=1S/C27H22N4O4/c1-33-24-12-9-20(15-25(24)34-18-21-17-31-14-3-2-6-26(31)29-21)30-27(32)19-7-10-22(11-8-19)35-23-5-4-13-28-16-23/h2-17H,18H2,1H3,(H,30,32). The number of benzene rings is 2. The van der Waals surface area contributed by atoms with E-state index < -0.39 is 0 Å². The second-order valence-corrected chi connectivity index (χ2v) is 7.62. The van der Waals surface area contributed by atoms with Crippen molar-refractivity contribution >= 4 is 17.2 Å². The molecule has 0 unspecified atom stereocenters. The number of amides is 1. The van der Waals surface area contributed by atoms with E-state index in [1.165, 1.54) is 0 Å². The van der Waals surface area contributed by atoms with Gasteiger partial charge in [-0.15, -0.1) is 0 Å². The molecular formula is C27H22N4O4. The van der Waals surface area contributed by atoms with Crippen LogP contribution in [0.1, 0.15) is 16.1 Å². The summed E-state index contributed by atoms with van der Waals surface area (Å²) in [6.07, 6.45) is 7.14. The van der Waals surface area contributed by atoms with Crippen LogP contribution in [0.15, 0.2) is 97.6 Å². The lowest BCUT2D eigenvalue weighted by atomic mass is 10.2. The van der Waals surface area contributed by atoms with Crippen molar-refractivity contribution in [3.8, 4) is 23.0 Å². The van der Waals surface area contributed by atoms with Crippen molar-refractivity contribution < 1.29 is 19.0 Å². The van der Waals surface area contributed by atoms with Gasteiger partial charge >= 0.3 is 0 Å². The number of methoxy groups -OCH3 is 1. The van der Waals surface area contributed by atoms with Crippen LogP contribution in [0.2, 0.25) is 0 Å². The van der Waals surface area contributed by atoms with Crippen molar-refractivity contribution in [1.29, 1.82) is 0 Å². The van der Waals surface area contributed by atoms with Gasteiger partial charge in [0.15, 0.2) is 11.5 Å². The van der Waals surface area contributed by atoms with E-state index in [2.05, 4.69) is 15.3 Å². The van der Waals surface area contributed by atoms with Crippen molar-refractivity contribution in [2.45, 2.75) is 6.61 Å². The minimum atomic E-state index is -0.255. The zero-order valence-electron chi connectivity index (χ0n) is 18.9. The van der Waals surface area contributed by atoms with Crippen LogP contribution >= 0.6 is 0 Å². The first-order chi connectivity index (χ1) is 17.2. The highest BCUT2D eigenvalue weighted by atomic mass is 16.5. The van der Waals surface area contributed by atoms with Crippen molar-refractivity contribution in [1.82, 2.24) is 14.4 Å². The Morgan fingerprint density at radius 1 is 0.971 bits per heavy atom. The number of carbonyl (C=O) groups is 1. The van der Waals surface area contributed by atoms with Crippen LogP contribution in [0.3, 0.4) is 0 Å². The third kappa shape index (κ3) is 5.22. The zero-order chi connectivity index (χ0) is 24.0. The number of carbonyl (C=O) groups excluding carboxylic acids is 1. The average molecular weight is 466 g/mol. The zero-order valence-corrected chi connectivity index (χ0v) is 18.9. The van der Waals surface area contributed by atoms with E-state index in [-0.39, 0.29) is 12.5 Å². The first-order valence-electron chi connectivity index (χ1n) is 10.9. The smallest absolute Gasteiger partial charge is 0.255 e. The Kier molecular flexibility index (Phi) is 6.25. The minimum absolute atomic E-state index is 0.255. The van der Waals surface area contributed by atoms with E-state index in [4.69, 9.17) is 14.2 Å². The lowest BCUT2D eigenvalue weighted by Gasteiger charge is -2.12. The van der Waals surface area contributed by atoms with Gasteiger partial charge in [0.25, 0.3) is 5.91 Å². The SMILES string of the molecule is COc1ccc(NC(=O)c2ccc(Oc3cccnc3)cc2)cc1OCc1cn2ccccc2n1. The van der Waals surface area contributed by atoms with E-state index in [1.54, 1.807) is 68.0 Å². The molecule has 35 heavy (non-hydrogen) atoms. The molecule has 0 aliphatic carbocycles. The van der Waals surface area contributed by atoms with Gasteiger partial charge in [0.05, 0.1) is 19.0 Å². The number of aromatic nitrogens is 3. The van der Waals surface area contributed by atoms with E-state index in [0.29, 0.717) is 34.2 Å². The number of hydrogen-bond acceptors (Lipinski definition) is 6. The third-order valence-electron chi connectivity index (χ3n) is 5.20. The quantitative estimate of drug-likeness (QED) is 0.331. The summed E-state index contributed by atoms with van der Waals surface area (Å²) in [4.78, 5) is 21.3. The predicted molar refractivity (Wildman–Crippen MR) is 131 cm³/mol. The van der Waals surface area contributed by atoms with Gasteiger partial charge in [-0.05, 0) is 60.7 Å². The predicted octanol–water partition coefficient (Wildman–Crippen LogP) is 5.36. The number of fused-ring (bicyclic) bond motifs is 1. The molecule has 1 amide bonds. The highest BCUT2D eigenvalue weighted by molar-refractivity contribution is 6.04. The monoisotopic (exact) mass is 466 g/mol. The fraction of sp³-hybridized carbons (Fsp3) is 0.0741. The summed E-state index contributed by atoms with van der Waals surface area (Å²) in [7, 11) is 1.57. The molecule has 2 aromatic carbocycles. The molecule has 3 aromatic heterocycles. The van der Waals surface area contributed by atoms with Crippen LogP contribution in [0.25, 0.3) is 5.65 Å². The highest BCUT2D eigenvalue weighted by Crippen LogP contribution is 2.31. The normalized spacial score (nSPS) is 10.7. The van der Waals surface area contributed by atoms with Gasteiger partial charge in [0, 0.05) is 35.9 Å². The molecule has 0 spiro atoms. The fourth-order valence-electron chi connectivity index (χ4n) is 3.50. The van der Waals surface area contributed by atoms with Crippen LogP contribution in [-0.4, -0.2) is 27.4 Å². The molecule has 1 N–H and O–H groups in total. The summed E-state index contributed by atoms with van der Waals surface area (Å²) in [5.74, 6) is 2.04. The van der Waals surface area contributed by atoms with Crippen LogP contribution in [-0.2, 0) is 6.61 Å². The molecule has 3 heterocycles. The van der Waals surface area contributed by atoms with Gasteiger partial charge in [-0.2, -0.15) is 0 Å². The maximum absolute atomic E-state index is 12.8. The Morgan fingerprint density at radius 2 is 1.86 bits per heavy atom. The molecule has 5 aromatic rings. The van der Waals surface area contributed by atoms with Crippen molar-refractivity contribution in [3.05, 3.63) is 109 Å². The van der Waals surface area contributed by atoms with Crippen LogP contribution < -0.4 is 19.5 Å². The molecule has 0 bridgehead atoms. The van der Waals surface area contributed by atoms with Crippen molar-refractivity contribution in [2.75, 3.05) is 12.4 Å². The van der Waals surface area contributed by atoms with Gasteiger partial charge in [0.1, 0.15) is 23.8 Å². The van der Waals surface area contributed by atoms with E-state index in [0.717, 1.165) is 11.3 Å². The molecule has 8 heteroatoms. The maximum atomic E-state index is 12.8. The average Bonchev–Trinajstić information content (AvgIpc) is 3.32. The van der Waals surface area contributed by atoms with Gasteiger partial charge in [-0.3, -0.25) is 9.78 Å². The number of nitrogens with one attached hydrogen (secondary N) is 1. The van der Waals surface area contributed by atoms with Gasteiger partial charge in [0.2, 0.25) is 0 Å². The van der Waals surface area contributed by atoms with Crippen LogP contribution in [0.5, 0.6) is 23.0 Å². The fourth-order valence-corrected chi connectivity index (χ4v) is 3.50. The number of ether oxygens (including phenoxy) is 3. The molecule has 0 atom stereocenters. The molecule has 0 fully saturated rings. The Hall–Kier alpha value is -4.85.